The number of ketones is 1. The molecule has 0 atom stereocenters. The lowest BCUT2D eigenvalue weighted by atomic mass is 9.96. The first-order valence-corrected chi connectivity index (χ1v) is 9.90. The Balaban J connectivity index is 1.73. The summed E-state index contributed by atoms with van der Waals surface area (Å²) in [5, 5.41) is 9.02. The molecule has 3 aromatic rings. The highest BCUT2D eigenvalue weighted by atomic mass is 16.5. The molecule has 1 aliphatic heterocycles. The van der Waals surface area contributed by atoms with Crippen LogP contribution in [-0.4, -0.2) is 25.4 Å². The van der Waals surface area contributed by atoms with Crippen LogP contribution in [0, 0.1) is 11.3 Å². The van der Waals surface area contributed by atoms with Crippen molar-refractivity contribution in [1.29, 1.82) is 5.26 Å². The van der Waals surface area contributed by atoms with Gasteiger partial charge >= 0.3 is 5.97 Å². The van der Waals surface area contributed by atoms with Crippen LogP contribution >= 0.6 is 0 Å². The molecular weight excluding hydrogens is 388 g/mol. The van der Waals surface area contributed by atoms with E-state index in [1.165, 1.54) is 7.11 Å². The maximum absolute atomic E-state index is 13.4. The number of nitriles is 1. The zero-order valence-electron chi connectivity index (χ0n) is 17.0. The lowest BCUT2D eigenvalue weighted by Crippen LogP contribution is -2.15. The molecule has 0 N–H and O–H groups in total. The summed E-state index contributed by atoms with van der Waals surface area (Å²) in [6, 6.07) is 23.7. The third-order valence-electron chi connectivity index (χ3n) is 5.32. The summed E-state index contributed by atoms with van der Waals surface area (Å²) in [6.45, 7) is 0.705. The minimum atomic E-state index is -0.363. The predicted molar refractivity (Wildman–Crippen MR) is 119 cm³/mol. The summed E-state index contributed by atoms with van der Waals surface area (Å²) in [7, 11) is 1.37. The maximum atomic E-state index is 13.4. The molecule has 5 heteroatoms. The number of rotatable bonds is 5. The Morgan fingerprint density at radius 2 is 1.68 bits per heavy atom. The molecule has 0 saturated heterocycles. The molecule has 0 aromatic heterocycles. The van der Waals surface area contributed by atoms with Crippen LogP contribution in [0.5, 0.6) is 0 Å². The van der Waals surface area contributed by atoms with E-state index in [0.717, 1.165) is 23.2 Å². The van der Waals surface area contributed by atoms with Gasteiger partial charge in [-0.25, -0.2) is 4.79 Å². The molecule has 0 fully saturated rings. The van der Waals surface area contributed by atoms with Gasteiger partial charge in [0.05, 0.1) is 24.3 Å². The first-order chi connectivity index (χ1) is 15.1. The molecule has 0 unspecified atom stereocenters. The predicted octanol–water partition coefficient (Wildman–Crippen LogP) is 4.63. The molecule has 152 valence electrons. The quantitative estimate of drug-likeness (QED) is 0.350. The van der Waals surface area contributed by atoms with Crippen LogP contribution < -0.4 is 4.90 Å². The number of hydrogen-bond donors (Lipinski definition) is 0. The van der Waals surface area contributed by atoms with E-state index in [1.807, 2.05) is 53.6 Å². The van der Waals surface area contributed by atoms with Crippen LogP contribution in [-0.2, 0) is 11.2 Å². The number of allylic oxidation sites excluding steroid dienone is 1. The molecular formula is C26H20N2O3. The van der Waals surface area contributed by atoms with E-state index in [1.54, 1.807) is 30.3 Å². The Bertz CT molecular complexity index is 1210. The van der Waals surface area contributed by atoms with Crippen molar-refractivity contribution in [2.24, 2.45) is 0 Å². The summed E-state index contributed by atoms with van der Waals surface area (Å²) >= 11 is 0. The van der Waals surface area contributed by atoms with Crippen LogP contribution in [0.25, 0.3) is 5.57 Å². The van der Waals surface area contributed by atoms with Crippen LogP contribution in [0.15, 0.2) is 79.0 Å². The van der Waals surface area contributed by atoms with Crippen LogP contribution in [0.3, 0.4) is 0 Å². The zero-order valence-corrected chi connectivity index (χ0v) is 17.0. The van der Waals surface area contributed by atoms with Gasteiger partial charge in [-0.05, 0) is 60.0 Å². The lowest BCUT2D eigenvalue weighted by Gasteiger charge is -2.17. The van der Waals surface area contributed by atoms with Crippen molar-refractivity contribution in [1.82, 2.24) is 0 Å². The van der Waals surface area contributed by atoms with E-state index in [9.17, 15) is 9.59 Å². The second-order valence-electron chi connectivity index (χ2n) is 7.21. The molecule has 1 heterocycles. The first-order valence-electron chi connectivity index (χ1n) is 9.90. The molecule has 0 saturated carbocycles. The van der Waals surface area contributed by atoms with E-state index in [4.69, 9.17) is 10.00 Å². The number of Topliss-reactive ketones (excluding diaryl/α,β-unsaturated/α-hetero) is 1. The van der Waals surface area contributed by atoms with Crippen molar-refractivity contribution in [2.75, 3.05) is 18.6 Å². The molecule has 0 bridgehead atoms. The highest BCUT2D eigenvalue weighted by Gasteiger charge is 2.22. The van der Waals surface area contributed by atoms with Crippen molar-refractivity contribution >= 4 is 23.0 Å². The highest BCUT2D eigenvalue weighted by molar-refractivity contribution is 6.29. The SMILES string of the molecule is COC(=O)c1ccc2c(c1)CCN2/C=C(/C(=O)c1ccc(C#N)cc1)c1ccccc1. The van der Waals surface area contributed by atoms with Gasteiger partial charge in [0.1, 0.15) is 0 Å². The Morgan fingerprint density at radius 1 is 0.968 bits per heavy atom. The van der Waals surface area contributed by atoms with Crippen molar-refractivity contribution in [2.45, 2.75) is 6.42 Å². The fraction of sp³-hybridized carbons (Fsp3) is 0.115. The van der Waals surface area contributed by atoms with Gasteiger partial charge in [-0.2, -0.15) is 5.26 Å². The van der Waals surface area contributed by atoms with Crippen molar-refractivity contribution in [3.8, 4) is 6.07 Å². The van der Waals surface area contributed by atoms with Gasteiger partial charge in [-0.15, -0.1) is 0 Å². The van der Waals surface area contributed by atoms with Gasteiger partial charge in [0.25, 0.3) is 0 Å². The summed E-state index contributed by atoms with van der Waals surface area (Å²) in [5.74, 6) is -0.479. The number of nitrogens with zero attached hydrogens (tertiary/aromatic N) is 2. The van der Waals surface area contributed by atoms with Gasteiger partial charge in [0.2, 0.25) is 0 Å². The molecule has 0 radical (unpaired) electrons. The average Bonchev–Trinajstić information content (AvgIpc) is 3.24. The maximum Gasteiger partial charge on any atom is 0.337 e. The fourth-order valence-electron chi connectivity index (χ4n) is 3.70. The number of ether oxygens (including phenoxy) is 1. The summed E-state index contributed by atoms with van der Waals surface area (Å²) in [4.78, 5) is 27.3. The molecule has 0 spiro atoms. The lowest BCUT2D eigenvalue weighted by molar-refractivity contribution is 0.0600. The summed E-state index contributed by atoms with van der Waals surface area (Å²) in [5.41, 5.74) is 4.94. The van der Waals surface area contributed by atoms with Crippen LogP contribution in [0.1, 0.15) is 37.4 Å². The monoisotopic (exact) mass is 408 g/mol. The zero-order chi connectivity index (χ0) is 21.8. The second-order valence-corrected chi connectivity index (χ2v) is 7.21. The summed E-state index contributed by atoms with van der Waals surface area (Å²) in [6.07, 6.45) is 2.64. The van der Waals surface area contributed by atoms with Crippen LogP contribution in [0.4, 0.5) is 5.69 Å². The van der Waals surface area contributed by atoms with Gasteiger partial charge in [-0.1, -0.05) is 30.3 Å². The Labute approximate surface area is 180 Å². The van der Waals surface area contributed by atoms with Crippen LogP contribution in [0.2, 0.25) is 0 Å². The largest absolute Gasteiger partial charge is 0.465 e. The number of benzene rings is 3. The van der Waals surface area contributed by atoms with E-state index in [-0.39, 0.29) is 11.8 Å². The van der Waals surface area contributed by atoms with Crippen molar-refractivity contribution in [3.05, 3.63) is 107 Å². The minimum Gasteiger partial charge on any atom is -0.465 e. The molecule has 31 heavy (non-hydrogen) atoms. The van der Waals surface area contributed by atoms with Gasteiger partial charge in [-0.3, -0.25) is 4.79 Å². The second kappa shape index (κ2) is 8.68. The number of anilines is 1. The first kappa shape index (κ1) is 20.1. The number of esters is 1. The van der Waals surface area contributed by atoms with Gasteiger partial charge in [0, 0.05) is 29.6 Å². The molecule has 3 aromatic carbocycles. The van der Waals surface area contributed by atoms with E-state index >= 15 is 0 Å². The smallest absolute Gasteiger partial charge is 0.337 e. The minimum absolute atomic E-state index is 0.115. The number of carbonyl (C=O) groups excluding carboxylic acids is 2. The van der Waals surface area contributed by atoms with E-state index in [0.29, 0.717) is 28.8 Å². The Hall–Kier alpha value is -4.17. The number of carbonyl (C=O) groups is 2. The summed E-state index contributed by atoms with van der Waals surface area (Å²) < 4.78 is 4.81. The topological polar surface area (TPSA) is 70.4 Å². The fourth-order valence-corrected chi connectivity index (χ4v) is 3.70. The molecule has 4 rings (SSSR count). The Morgan fingerprint density at radius 3 is 2.35 bits per heavy atom. The third kappa shape index (κ3) is 4.10. The third-order valence-corrected chi connectivity index (χ3v) is 5.32. The Kier molecular flexibility index (Phi) is 5.63. The number of fused-ring (bicyclic) bond motifs is 1. The molecule has 0 amide bonds. The molecule has 5 nitrogen and oxygen atoms in total. The van der Waals surface area contributed by atoms with E-state index < -0.39 is 0 Å². The number of hydrogen-bond acceptors (Lipinski definition) is 5. The van der Waals surface area contributed by atoms with Crippen molar-refractivity contribution < 1.29 is 14.3 Å². The standard InChI is InChI=1S/C26H20N2O3/c1-31-26(30)22-11-12-24-21(15-22)13-14-28(24)17-23(19-5-3-2-4-6-19)25(29)20-9-7-18(16-27)8-10-20/h2-12,15,17H,13-14H2,1H3/b23-17+. The van der Waals surface area contributed by atoms with Crippen molar-refractivity contribution in [3.63, 3.8) is 0 Å². The average molecular weight is 408 g/mol. The molecule has 0 aliphatic carbocycles. The van der Waals surface area contributed by atoms with E-state index in [2.05, 4.69) is 6.07 Å². The molecule has 1 aliphatic rings. The highest BCUT2D eigenvalue weighted by Crippen LogP contribution is 2.32. The van der Waals surface area contributed by atoms with Gasteiger partial charge < -0.3 is 9.64 Å². The van der Waals surface area contributed by atoms with Gasteiger partial charge in [0.15, 0.2) is 5.78 Å². The number of methoxy groups -OCH3 is 1. The normalized spacial score (nSPS) is 12.8.